The van der Waals surface area contributed by atoms with Crippen molar-refractivity contribution in [2.24, 2.45) is 0 Å². The number of nitrogens with one attached hydrogen (secondary N) is 3. The fraction of sp³-hybridized carbons (Fsp3) is 0.0909. The van der Waals surface area contributed by atoms with Gasteiger partial charge in [-0.2, -0.15) is 0 Å². The Labute approximate surface area is 179 Å². The van der Waals surface area contributed by atoms with Crippen LogP contribution in [0.25, 0.3) is 0 Å². The lowest BCUT2D eigenvalue weighted by molar-refractivity contribution is -0.120. The highest BCUT2D eigenvalue weighted by atomic mass is 35.5. The molecule has 3 aromatic carbocycles. The van der Waals surface area contributed by atoms with Crippen molar-refractivity contribution in [2.75, 3.05) is 11.9 Å². The fourth-order valence-electron chi connectivity index (χ4n) is 2.78. The van der Waals surface area contributed by atoms with Gasteiger partial charge in [0.1, 0.15) is 0 Å². The van der Waals surface area contributed by atoms with Crippen molar-refractivity contribution in [3.05, 3.63) is 100 Å². The summed E-state index contributed by atoms with van der Waals surface area (Å²) in [4.78, 5) is 24.6. The molecule has 0 fully saturated rings. The first kappa shape index (κ1) is 20.7. The second kappa shape index (κ2) is 9.96. The van der Waals surface area contributed by atoms with Crippen LogP contribution >= 0.6 is 23.2 Å². The number of hydrogen-bond acceptors (Lipinski definition) is 2. The standard InChI is InChI=1S/C22H19Cl2N3O2/c23-17-11-12-19(18(24)13-17)26-22(29)25-14-20(28)27-21(15-7-3-1-4-8-15)16-9-5-2-6-10-16/h1-13,21H,14H2,(H,27,28)(H2,25,26,29). The van der Waals surface area contributed by atoms with Crippen molar-refractivity contribution in [2.45, 2.75) is 6.04 Å². The highest BCUT2D eigenvalue weighted by Crippen LogP contribution is 2.25. The third-order valence-electron chi connectivity index (χ3n) is 4.16. The maximum absolute atomic E-state index is 12.5. The van der Waals surface area contributed by atoms with E-state index in [1.165, 1.54) is 6.07 Å². The molecule has 3 rings (SSSR count). The summed E-state index contributed by atoms with van der Waals surface area (Å²) in [5.41, 5.74) is 2.30. The predicted molar refractivity (Wildman–Crippen MR) is 116 cm³/mol. The quantitative estimate of drug-likeness (QED) is 0.516. The van der Waals surface area contributed by atoms with Gasteiger partial charge in [0, 0.05) is 5.02 Å². The lowest BCUT2D eigenvalue weighted by Gasteiger charge is -2.20. The number of halogens is 2. The molecule has 3 aromatic rings. The van der Waals surface area contributed by atoms with Gasteiger partial charge in [0.05, 0.1) is 23.3 Å². The zero-order valence-electron chi connectivity index (χ0n) is 15.4. The van der Waals surface area contributed by atoms with Crippen molar-refractivity contribution in [3.8, 4) is 0 Å². The predicted octanol–water partition coefficient (Wildman–Crippen LogP) is 5.02. The van der Waals surface area contributed by atoms with Crippen LogP contribution in [-0.4, -0.2) is 18.5 Å². The summed E-state index contributed by atoms with van der Waals surface area (Å²) in [6.45, 7) is -0.187. The van der Waals surface area contributed by atoms with Crippen LogP contribution in [0.1, 0.15) is 17.2 Å². The number of carbonyl (C=O) groups is 2. The van der Waals surface area contributed by atoms with Gasteiger partial charge in [-0.15, -0.1) is 0 Å². The number of urea groups is 1. The van der Waals surface area contributed by atoms with Crippen molar-refractivity contribution >= 4 is 40.8 Å². The van der Waals surface area contributed by atoms with E-state index in [2.05, 4.69) is 16.0 Å². The normalized spacial score (nSPS) is 10.4. The lowest BCUT2D eigenvalue weighted by Crippen LogP contribution is -2.40. The minimum Gasteiger partial charge on any atom is -0.344 e. The van der Waals surface area contributed by atoms with Crippen LogP contribution in [0.3, 0.4) is 0 Å². The third kappa shape index (κ3) is 5.98. The number of amides is 3. The summed E-state index contributed by atoms with van der Waals surface area (Å²) < 4.78 is 0. The van der Waals surface area contributed by atoms with Crippen molar-refractivity contribution in [3.63, 3.8) is 0 Å². The molecule has 3 amide bonds. The second-order valence-electron chi connectivity index (χ2n) is 6.25. The minimum absolute atomic E-state index is 0.187. The van der Waals surface area contributed by atoms with Crippen LogP contribution in [-0.2, 0) is 4.79 Å². The maximum Gasteiger partial charge on any atom is 0.319 e. The molecule has 0 saturated heterocycles. The molecule has 5 nitrogen and oxygen atoms in total. The van der Waals surface area contributed by atoms with Gasteiger partial charge in [-0.3, -0.25) is 4.79 Å². The third-order valence-corrected chi connectivity index (χ3v) is 4.71. The van der Waals surface area contributed by atoms with Gasteiger partial charge >= 0.3 is 6.03 Å². The van der Waals surface area contributed by atoms with E-state index in [4.69, 9.17) is 23.2 Å². The Hall–Kier alpha value is -3.02. The molecule has 0 aliphatic rings. The van der Waals surface area contributed by atoms with Crippen molar-refractivity contribution in [1.29, 1.82) is 0 Å². The molecule has 0 unspecified atom stereocenters. The SMILES string of the molecule is O=C(CNC(=O)Nc1ccc(Cl)cc1Cl)NC(c1ccccc1)c1ccccc1. The van der Waals surface area contributed by atoms with E-state index in [9.17, 15) is 9.59 Å². The van der Waals surface area contributed by atoms with Crippen molar-refractivity contribution in [1.82, 2.24) is 10.6 Å². The maximum atomic E-state index is 12.5. The molecule has 0 radical (unpaired) electrons. The molecule has 0 saturated carbocycles. The first-order valence-corrected chi connectivity index (χ1v) is 9.67. The highest BCUT2D eigenvalue weighted by molar-refractivity contribution is 6.36. The van der Waals surface area contributed by atoms with E-state index in [1.54, 1.807) is 12.1 Å². The average molecular weight is 428 g/mol. The average Bonchev–Trinajstić information content (AvgIpc) is 2.74. The Morgan fingerprint density at radius 3 is 1.97 bits per heavy atom. The van der Waals surface area contributed by atoms with Gasteiger partial charge in [-0.1, -0.05) is 83.9 Å². The van der Waals surface area contributed by atoms with Crippen LogP contribution in [0.4, 0.5) is 10.5 Å². The Bertz CT molecular complexity index is 942. The molecule has 0 spiro atoms. The monoisotopic (exact) mass is 427 g/mol. The number of benzene rings is 3. The molecule has 7 heteroatoms. The molecule has 0 heterocycles. The molecule has 29 heavy (non-hydrogen) atoms. The van der Waals surface area contributed by atoms with E-state index >= 15 is 0 Å². The van der Waals surface area contributed by atoms with E-state index in [-0.39, 0.29) is 18.5 Å². The summed E-state index contributed by atoms with van der Waals surface area (Å²) in [5.74, 6) is -0.319. The van der Waals surface area contributed by atoms with Gasteiger partial charge in [0.25, 0.3) is 0 Å². The van der Waals surface area contributed by atoms with Crippen LogP contribution in [0.5, 0.6) is 0 Å². The zero-order valence-corrected chi connectivity index (χ0v) is 16.9. The zero-order chi connectivity index (χ0) is 20.6. The van der Waals surface area contributed by atoms with Gasteiger partial charge in [0.15, 0.2) is 0 Å². The molecule has 0 aliphatic heterocycles. The Kier molecular flexibility index (Phi) is 7.11. The van der Waals surface area contributed by atoms with Gasteiger partial charge in [-0.05, 0) is 29.3 Å². The van der Waals surface area contributed by atoms with Crippen LogP contribution in [0.15, 0.2) is 78.9 Å². The van der Waals surface area contributed by atoms with Crippen LogP contribution < -0.4 is 16.0 Å². The summed E-state index contributed by atoms with van der Waals surface area (Å²) >= 11 is 11.9. The number of carbonyl (C=O) groups excluding carboxylic acids is 2. The van der Waals surface area contributed by atoms with E-state index < -0.39 is 6.03 Å². The summed E-state index contributed by atoms with van der Waals surface area (Å²) in [7, 11) is 0. The van der Waals surface area contributed by atoms with E-state index in [1.807, 2.05) is 60.7 Å². The van der Waals surface area contributed by atoms with Crippen LogP contribution in [0, 0.1) is 0 Å². The first-order chi connectivity index (χ1) is 14.0. The largest absolute Gasteiger partial charge is 0.344 e. The number of rotatable bonds is 6. The minimum atomic E-state index is -0.541. The molecule has 0 aliphatic carbocycles. The Balaban J connectivity index is 1.61. The first-order valence-electron chi connectivity index (χ1n) is 8.92. The smallest absolute Gasteiger partial charge is 0.319 e. The van der Waals surface area contributed by atoms with E-state index in [0.29, 0.717) is 15.7 Å². The summed E-state index contributed by atoms with van der Waals surface area (Å²) in [6.07, 6.45) is 0. The number of hydrogen-bond donors (Lipinski definition) is 3. The molecule has 3 N–H and O–H groups in total. The van der Waals surface area contributed by atoms with Gasteiger partial charge < -0.3 is 16.0 Å². The molecule has 0 atom stereocenters. The highest BCUT2D eigenvalue weighted by Gasteiger charge is 2.17. The number of anilines is 1. The van der Waals surface area contributed by atoms with Gasteiger partial charge in [-0.25, -0.2) is 4.79 Å². The van der Waals surface area contributed by atoms with Crippen molar-refractivity contribution < 1.29 is 9.59 Å². The molecule has 0 bridgehead atoms. The summed E-state index contributed by atoms with van der Waals surface area (Å²) in [6, 6.07) is 23.1. The molecule has 148 valence electrons. The molecular formula is C22H19Cl2N3O2. The summed E-state index contributed by atoms with van der Waals surface area (Å²) in [5, 5.41) is 8.86. The fourth-order valence-corrected chi connectivity index (χ4v) is 3.24. The van der Waals surface area contributed by atoms with Crippen LogP contribution in [0.2, 0.25) is 10.0 Å². The van der Waals surface area contributed by atoms with Gasteiger partial charge in [0.2, 0.25) is 5.91 Å². The molecule has 0 aromatic heterocycles. The lowest BCUT2D eigenvalue weighted by atomic mass is 9.99. The van der Waals surface area contributed by atoms with E-state index in [0.717, 1.165) is 11.1 Å². The topological polar surface area (TPSA) is 70.2 Å². The second-order valence-corrected chi connectivity index (χ2v) is 7.10. The Morgan fingerprint density at radius 1 is 0.828 bits per heavy atom. The molecular weight excluding hydrogens is 409 g/mol. The Morgan fingerprint density at radius 2 is 1.41 bits per heavy atom.